The summed E-state index contributed by atoms with van der Waals surface area (Å²) in [6.45, 7) is 4.77. The molecule has 0 bridgehead atoms. The van der Waals surface area contributed by atoms with Crippen LogP contribution in [0.25, 0.3) is 0 Å². The van der Waals surface area contributed by atoms with Crippen LogP contribution in [0, 0.1) is 0 Å². The normalized spacial score (nSPS) is 29.3. The van der Waals surface area contributed by atoms with Crippen molar-refractivity contribution in [1.29, 1.82) is 0 Å². The molecule has 0 atom stereocenters. The van der Waals surface area contributed by atoms with Crippen LogP contribution in [0.15, 0.2) is 0 Å². The van der Waals surface area contributed by atoms with Crippen LogP contribution in [0.3, 0.4) is 0 Å². The largest absolute Gasteiger partial charge is 0.379 e. The van der Waals surface area contributed by atoms with Gasteiger partial charge < -0.3 is 10.5 Å². The van der Waals surface area contributed by atoms with Gasteiger partial charge >= 0.3 is 0 Å². The Hall–Kier alpha value is -0.120. The molecular weight excluding hydrogens is 164 g/mol. The quantitative estimate of drug-likeness (QED) is 0.682. The van der Waals surface area contributed by atoms with Crippen LogP contribution in [0.1, 0.15) is 25.7 Å². The molecule has 0 aromatic carbocycles. The Morgan fingerprint density at radius 2 is 1.77 bits per heavy atom. The van der Waals surface area contributed by atoms with Crippen LogP contribution in [-0.2, 0) is 4.74 Å². The van der Waals surface area contributed by atoms with Gasteiger partial charge in [-0.25, -0.2) is 0 Å². The second kappa shape index (κ2) is 3.95. The van der Waals surface area contributed by atoms with Gasteiger partial charge in [0.2, 0.25) is 0 Å². The Labute approximate surface area is 80.2 Å². The summed E-state index contributed by atoms with van der Waals surface area (Å²) in [7, 11) is 0. The number of ether oxygens (including phenoxy) is 1. The lowest BCUT2D eigenvalue weighted by atomic mass is 9.95. The molecule has 1 saturated heterocycles. The molecule has 0 aromatic rings. The maximum Gasteiger partial charge on any atom is 0.0594 e. The summed E-state index contributed by atoms with van der Waals surface area (Å²) < 4.78 is 5.37. The van der Waals surface area contributed by atoms with Crippen molar-refractivity contribution in [2.45, 2.75) is 31.2 Å². The van der Waals surface area contributed by atoms with Crippen molar-refractivity contribution in [2.75, 3.05) is 32.8 Å². The van der Waals surface area contributed by atoms with E-state index in [1.807, 2.05) is 0 Å². The molecule has 13 heavy (non-hydrogen) atoms. The predicted molar refractivity (Wildman–Crippen MR) is 52.6 cm³/mol. The number of hydrogen-bond donors (Lipinski definition) is 1. The van der Waals surface area contributed by atoms with Crippen molar-refractivity contribution in [3.05, 3.63) is 0 Å². The zero-order valence-corrected chi connectivity index (χ0v) is 8.30. The van der Waals surface area contributed by atoms with Crippen molar-refractivity contribution >= 4 is 0 Å². The minimum Gasteiger partial charge on any atom is -0.379 e. The molecule has 0 amide bonds. The van der Waals surface area contributed by atoms with E-state index < -0.39 is 0 Å². The third kappa shape index (κ3) is 1.73. The second-order valence-corrected chi connectivity index (χ2v) is 4.23. The molecule has 1 aliphatic carbocycles. The van der Waals surface area contributed by atoms with Crippen LogP contribution < -0.4 is 5.73 Å². The van der Waals surface area contributed by atoms with Gasteiger partial charge in [0.25, 0.3) is 0 Å². The van der Waals surface area contributed by atoms with Crippen LogP contribution in [-0.4, -0.2) is 43.3 Å². The highest BCUT2D eigenvalue weighted by Crippen LogP contribution is 2.34. The summed E-state index contributed by atoms with van der Waals surface area (Å²) in [5, 5.41) is 0. The zero-order chi connectivity index (χ0) is 9.15. The Morgan fingerprint density at radius 1 is 1.15 bits per heavy atom. The number of nitrogens with two attached hydrogens (primary N) is 1. The summed E-state index contributed by atoms with van der Waals surface area (Å²) >= 11 is 0. The summed E-state index contributed by atoms with van der Waals surface area (Å²) in [5.74, 6) is 0. The van der Waals surface area contributed by atoms with Gasteiger partial charge in [0.15, 0.2) is 0 Å². The molecule has 2 N–H and O–H groups in total. The molecular formula is C10H20N2O. The molecule has 1 heterocycles. The Bertz CT molecular complexity index is 160. The number of rotatable bonds is 2. The lowest BCUT2D eigenvalue weighted by Crippen LogP contribution is -2.55. The average molecular weight is 184 g/mol. The third-order valence-corrected chi connectivity index (χ3v) is 3.60. The summed E-state index contributed by atoms with van der Waals surface area (Å²) in [4.78, 5) is 2.56. The van der Waals surface area contributed by atoms with Gasteiger partial charge in [0.05, 0.1) is 13.2 Å². The molecule has 1 aliphatic heterocycles. The Balaban J connectivity index is 2.01. The molecule has 2 rings (SSSR count). The summed E-state index contributed by atoms with van der Waals surface area (Å²) in [6.07, 6.45) is 5.30. The van der Waals surface area contributed by atoms with E-state index in [1.165, 1.54) is 25.7 Å². The SMILES string of the molecule is NCC1(N2CCOCC2)CCCC1. The predicted octanol–water partition coefficient (Wildman–Crippen LogP) is 0.590. The number of morpholine rings is 1. The fourth-order valence-electron chi connectivity index (χ4n) is 2.72. The maximum atomic E-state index is 5.92. The lowest BCUT2D eigenvalue weighted by Gasteiger charge is -2.42. The van der Waals surface area contributed by atoms with E-state index in [0.717, 1.165) is 32.8 Å². The molecule has 0 radical (unpaired) electrons. The van der Waals surface area contributed by atoms with Crippen molar-refractivity contribution in [2.24, 2.45) is 5.73 Å². The van der Waals surface area contributed by atoms with Crippen molar-refractivity contribution < 1.29 is 4.74 Å². The standard InChI is InChI=1S/C10H20N2O/c11-9-10(3-1-2-4-10)12-5-7-13-8-6-12/h1-9,11H2. The number of hydrogen-bond acceptors (Lipinski definition) is 3. The molecule has 2 aliphatic rings. The minimum atomic E-state index is 0.337. The fourth-order valence-corrected chi connectivity index (χ4v) is 2.72. The molecule has 0 unspecified atom stereocenters. The third-order valence-electron chi connectivity index (χ3n) is 3.60. The summed E-state index contributed by atoms with van der Waals surface area (Å²) in [5.41, 5.74) is 6.25. The van der Waals surface area contributed by atoms with E-state index in [9.17, 15) is 0 Å². The molecule has 0 aromatic heterocycles. The van der Waals surface area contributed by atoms with Gasteiger partial charge in [-0.15, -0.1) is 0 Å². The van der Waals surface area contributed by atoms with E-state index >= 15 is 0 Å². The first-order valence-electron chi connectivity index (χ1n) is 5.40. The van der Waals surface area contributed by atoms with Gasteiger partial charge in [-0.1, -0.05) is 12.8 Å². The van der Waals surface area contributed by atoms with Gasteiger partial charge in [0, 0.05) is 25.2 Å². The summed E-state index contributed by atoms with van der Waals surface area (Å²) in [6, 6.07) is 0. The van der Waals surface area contributed by atoms with E-state index in [1.54, 1.807) is 0 Å². The molecule has 76 valence electrons. The van der Waals surface area contributed by atoms with E-state index in [2.05, 4.69) is 4.90 Å². The second-order valence-electron chi connectivity index (χ2n) is 4.23. The number of nitrogens with zero attached hydrogens (tertiary/aromatic N) is 1. The van der Waals surface area contributed by atoms with Crippen LogP contribution >= 0.6 is 0 Å². The fraction of sp³-hybridized carbons (Fsp3) is 1.00. The highest BCUT2D eigenvalue weighted by atomic mass is 16.5. The Kier molecular flexibility index (Phi) is 2.86. The highest BCUT2D eigenvalue weighted by Gasteiger charge is 2.38. The maximum absolute atomic E-state index is 5.92. The first-order chi connectivity index (χ1) is 6.37. The molecule has 3 nitrogen and oxygen atoms in total. The van der Waals surface area contributed by atoms with Crippen molar-refractivity contribution in [3.8, 4) is 0 Å². The van der Waals surface area contributed by atoms with E-state index in [0.29, 0.717) is 5.54 Å². The average Bonchev–Trinajstić information content (AvgIpc) is 2.69. The molecule has 1 saturated carbocycles. The van der Waals surface area contributed by atoms with Gasteiger partial charge in [-0.2, -0.15) is 0 Å². The van der Waals surface area contributed by atoms with Crippen molar-refractivity contribution in [1.82, 2.24) is 4.90 Å². The van der Waals surface area contributed by atoms with Gasteiger partial charge in [-0.05, 0) is 12.8 Å². The molecule has 0 spiro atoms. The van der Waals surface area contributed by atoms with Crippen LogP contribution in [0.2, 0.25) is 0 Å². The van der Waals surface area contributed by atoms with E-state index in [4.69, 9.17) is 10.5 Å². The van der Waals surface area contributed by atoms with Gasteiger partial charge in [-0.3, -0.25) is 4.90 Å². The zero-order valence-electron chi connectivity index (χ0n) is 8.30. The first kappa shape index (κ1) is 9.44. The topological polar surface area (TPSA) is 38.5 Å². The smallest absolute Gasteiger partial charge is 0.0594 e. The van der Waals surface area contributed by atoms with E-state index in [-0.39, 0.29) is 0 Å². The first-order valence-corrected chi connectivity index (χ1v) is 5.40. The molecule has 3 heteroatoms. The van der Waals surface area contributed by atoms with Crippen molar-refractivity contribution in [3.63, 3.8) is 0 Å². The minimum absolute atomic E-state index is 0.337. The highest BCUT2D eigenvalue weighted by molar-refractivity contribution is 4.96. The van der Waals surface area contributed by atoms with Crippen LogP contribution in [0.4, 0.5) is 0 Å². The van der Waals surface area contributed by atoms with Crippen LogP contribution in [0.5, 0.6) is 0 Å². The van der Waals surface area contributed by atoms with Gasteiger partial charge in [0.1, 0.15) is 0 Å². The monoisotopic (exact) mass is 184 g/mol. The Morgan fingerprint density at radius 3 is 2.31 bits per heavy atom. The lowest BCUT2D eigenvalue weighted by molar-refractivity contribution is -0.0174. The molecule has 2 fully saturated rings.